The quantitative estimate of drug-likeness (QED) is 0.561. The first-order valence-corrected chi connectivity index (χ1v) is 10.5. The lowest BCUT2D eigenvalue weighted by atomic mass is 9.97. The van der Waals surface area contributed by atoms with Gasteiger partial charge in [-0.05, 0) is 74.2 Å². The number of hydrogen-bond acceptors (Lipinski definition) is 4. The van der Waals surface area contributed by atoms with Crippen LogP contribution in [-0.2, 0) is 9.59 Å². The monoisotopic (exact) mass is 426 g/mol. The van der Waals surface area contributed by atoms with E-state index < -0.39 is 5.91 Å². The van der Waals surface area contributed by atoms with Crippen LogP contribution in [0.4, 0.5) is 11.4 Å². The fourth-order valence-corrected chi connectivity index (χ4v) is 4.21. The van der Waals surface area contributed by atoms with E-state index in [1.54, 1.807) is 24.3 Å². The Morgan fingerprint density at radius 2 is 1.47 bits per heavy atom. The van der Waals surface area contributed by atoms with Gasteiger partial charge in [-0.2, -0.15) is 0 Å². The minimum Gasteiger partial charge on any atom is -0.495 e. The van der Waals surface area contributed by atoms with Crippen molar-refractivity contribution < 1.29 is 14.3 Å². The number of nitrogens with zero attached hydrogens (tertiary/aromatic N) is 1. The summed E-state index contributed by atoms with van der Waals surface area (Å²) in [6, 6.07) is 18.9. The number of imide groups is 1. The predicted octanol–water partition coefficient (Wildman–Crippen LogP) is 5.33. The third-order valence-electron chi connectivity index (χ3n) is 5.55. The lowest BCUT2D eigenvalue weighted by Gasteiger charge is -2.18. The number of carbonyl (C=O) groups excluding carboxylic acids is 2. The van der Waals surface area contributed by atoms with Gasteiger partial charge in [0.05, 0.1) is 18.4 Å². The van der Waals surface area contributed by atoms with Crippen LogP contribution in [0.25, 0.3) is 5.57 Å². The Bertz CT molecular complexity index is 1250. The van der Waals surface area contributed by atoms with Gasteiger partial charge in [0, 0.05) is 5.69 Å². The first-order chi connectivity index (χ1) is 15.3. The number of benzene rings is 3. The van der Waals surface area contributed by atoms with Crippen LogP contribution >= 0.6 is 0 Å². The van der Waals surface area contributed by atoms with E-state index in [9.17, 15) is 9.59 Å². The molecular weight excluding hydrogens is 400 g/mol. The maximum atomic E-state index is 13.7. The maximum Gasteiger partial charge on any atom is 0.282 e. The second-order valence-corrected chi connectivity index (χ2v) is 8.19. The molecule has 5 heteroatoms. The molecule has 0 bridgehead atoms. The van der Waals surface area contributed by atoms with Crippen LogP contribution in [0.5, 0.6) is 5.75 Å². The van der Waals surface area contributed by atoms with Crippen LogP contribution in [0, 0.1) is 27.7 Å². The molecule has 0 fully saturated rings. The van der Waals surface area contributed by atoms with Crippen LogP contribution in [0.1, 0.15) is 27.8 Å². The van der Waals surface area contributed by atoms with Crippen molar-refractivity contribution in [3.63, 3.8) is 0 Å². The molecule has 0 saturated heterocycles. The van der Waals surface area contributed by atoms with Crippen LogP contribution in [0.3, 0.4) is 0 Å². The van der Waals surface area contributed by atoms with Crippen molar-refractivity contribution >= 4 is 28.8 Å². The van der Waals surface area contributed by atoms with Gasteiger partial charge in [-0.25, -0.2) is 4.90 Å². The topological polar surface area (TPSA) is 58.6 Å². The SMILES string of the molecule is COc1ccccc1N1C(=O)C(Nc2cc(C)cc(C)c2)=C(c2ccc(C)cc2C)C1=O. The number of ether oxygens (including phenoxy) is 1. The van der Waals surface area contributed by atoms with Gasteiger partial charge in [0.25, 0.3) is 11.8 Å². The van der Waals surface area contributed by atoms with E-state index in [1.165, 1.54) is 12.0 Å². The molecule has 1 aliphatic rings. The average molecular weight is 427 g/mol. The third-order valence-corrected chi connectivity index (χ3v) is 5.55. The second kappa shape index (κ2) is 8.35. The van der Waals surface area contributed by atoms with Gasteiger partial charge in [-0.1, -0.05) is 42.0 Å². The molecule has 1 N–H and O–H groups in total. The third kappa shape index (κ3) is 3.78. The van der Waals surface area contributed by atoms with E-state index in [4.69, 9.17) is 4.74 Å². The lowest BCUT2D eigenvalue weighted by Crippen LogP contribution is -2.32. The number of methoxy groups -OCH3 is 1. The lowest BCUT2D eigenvalue weighted by molar-refractivity contribution is -0.120. The predicted molar refractivity (Wildman–Crippen MR) is 128 cm³/mol. The number of amides is 2. The zero-order chi connectivity index (χ0) is 23.0. The Labute approximate surface area is 188 Å². The number of anilines is 2. The largest absolute Gasteiger partial charge is 0.495 e. The number of hydrogen-bond donors (Lipinski definition) is 1. The van der Waals surface area contributed by atoms with Crippen molar-refractivity contribution in [2.75, 3.05) is 17.3 Å². The van der Waals surface area contributed by atoms with Crippen LogP contribution < -0.4 is 15.0 Å². The number of rotatable bonds is 5. The fraction of sp³-hybridized carbons (Fsp3) is 0.185. The highest BCUT2D eigenvalue weighted by molar-refractivity contribution is 6.46. The Morgan fingerprint density at radius 1 is 0.781 bits per heavy atom. The molecule has 162 valence electrons. The molecule has 2 amide bonds. The van der Waals surface area contributed by atoms with Gasteiger partial charge in [0.15, 0.2) is 0 Å². The highest BCUT2D eigenvalue weighted by Crippen LogP contribution is 2.38. The highest BCUT2D eigenvalue weighted by atomic mass is 16.5. The summed E-state index contributed by atoms with van der Waals surface area (Å²) >= 11 is 0. The molecule has 5 nitrogen and oxygen atoms in total. The summed E-state index contributed by atoms with van der Waals surface area (Å²) in [6.45, 7) is 7.95. The summed E-state index contributed by atoms with van der Waals surface area (Å²) in [6.07, 6.45) is 0. The number of carbonyl (C=O) groups is 2. The smallest absolute Gasteiger partial charge is 0.282 e. The van der Waals surface area contributed by atoms with Crippen molar-refractivity contribution in [2.24, 2.45) is 0 Å². The van der Waals surface area contributed by atoms with Crippen molar-refractivity contribution in [1.82, 2.24) is 0 Å². The average Bonchev–Trinajstić information content (AvgIpc) is 2.97. The van der Waals surface area contributed by atoms with Gasteiger partial charge in [-0.3, -0.25) is 9.59 Å². The summed E-state index contributed by atoms with van der Waals surface area (Å²) in [5.41, 5.74) is 6.71. The molecule has 0 saturated carbocycles. The molecule has 0 spiro atoms. The molecule has 0 unspecified atom stereocenters. The summed E-state index contributed by atoms with van der Waals surface area (Å²) in [5, 5.41) is 3.26. The molecular formula is C27H26N2O3. The van der Waals surface area contributed by atoms with Crippen LogP contribution in [0.2, 0.25) is 0 Å². The number of nitrogens with one attached hydrogen (secondary N) is 1. The van der Waals surface area contributed by atoms with Crippen LogP contribution in [-0.4, -0.2) is 18.9 Å². The van der Waals surface area contributed by atoms with Gasteiger partial charge < -0.3 is 10.1 Å². The minimum atomic E-state index is -0.409. The van der Waals surface area contributed by atoms with Crippen LogP contribution in [0.15, 0.2) is 66.4 Å². The first kappa shape index (κ1) is 21.4. The molecule has 0 atom stereocenters. The van der Waals surface area contributed by atoms with Crippen molar-refractivity contribution in [3.8, 4) is 5.75 Å². The first-order valence-electron chi connectivity index (χ1n) is 10.5. The molecule has 1 heterocycles. The summed E-state index contributed by atoms with van der Waals surface area (Å²) < 4.78 is 5.43. The highest BCUT2D eigenvalue weighted by Gasteiger charge is 2.41. The van der Waals surface area contributed by atoms with Gasteiger partial charge in [0.1, 0.15) is 11.4 Å². The van der Waals surface area contributed by atoms with Crippen molar-refractivity contribution in [1.29, 1.82) is 0 Å². The van der Waals surface area contributed by atoms with E-state index in [0.717, 1.165) is 33.5 Å². The Morgan fingerprint density at radius 3 is 2.12 bits per heavy atom. The molecule has 1 aliphatic heterocycles. The van der Waals surface area contributed by atoms with Gasteiger partial charge in [-0.15, -0.1) is 0 Å². The minimum absolute atomic E-state index is 0.262. The second-order valence-electron chi connectivity index (χ2n) is 8.19. The molecule has 0 aromatic heterocycles. The number of para-hydroxylation sites is 2. The Hall–Kier alpha value is -3.86. The molecule has 3 aromatic carbocycles. The maximum absolute atomic E-state index is 13.7. The van der Waals surface area contributed by atoms with Gasteiger partial charge in [0.2, 0.25) is 0 Å². The molecule has 0 aliphatic carbocycles. The molecule has 32 heavy (non-hydrogen) atoms. The molecule has 3 aromatic rings. The molecule has 0 radical (unpaired) electrons. The zero-order valence-corrected chi connectivity index (χ0v) is 18.9. The summed E-state index contributed by atoms with van der Waals surface area (Å²) in [4.78, 5) is 28.6. The number of aryl methyl sites for hydroxylation is 4. The van der Waals surface area contributed by atoms with E-state index in [-0.39, 0.29) is 11.6 Å². The standard InChI is InChI=1S/C27H26N2O3/c1-16-10-11-21(19(4)13-16)24-25(28-20-14-17(2)12-18(3)15-20)27(31)29(26(24)30)22-8-6-7-9-23(22)32-5/h6-15,28H,1-5H3. The van der Waals surface area contributed by atoms with E-state index >= 15 is 0 Å². The van der Waals surface area contributed by atoms with E-state index in [2.05, 4.69) is 11.4 Å². The van der Waals surface area contributed by atoms with Crippen molar-refractivity contribution in [3.05, 3.63) is 94.2 Å². The van der Waals surface area contributed by atoms with E-state index in [1.807, 2.05) is 58.0 Å². The normalized spacial score (nSPS) is 13.7. The van der Waals surface area contributed by atoms with Gasteiger partial charge >= 0.3 is 0 Å². The summed E-state index contributed by atoms with van der Waals surface area (Å²) in [5.74, 6) is -0.325. The Kier molecular flexibility index (Phi) is 5.57. The molecule has 4 rings (SSSR count). The fourth-order valence-electron chi connectivity index (χ4n) is 4.21. The zero-order valence-electron chi connectivity index (χ0n) is 18.9. The van der Waals surface area contributed by atoms with E-state index in [0.29, 0.717) is 17.0 Å². The summed E-state index contributed by atoms with van der Waals surface area (Å²) in [7, 11) is 1.52. The van der Waals surface area contributed by atoms with Crippen molar-refractivity contribution in [2.45, 2.75) is 27.7 Å². The Balaban J connectivity index is 1.89.